The number of methoxy groups -OCH3 is 4. The van der Waals surface area contributed by atoms with E-state index in [4.69, 9.17) is 73.5 Å². The fraction of sp³-hybridized carbons (Fsp3) is 0.465. The number of nitrogens with two attached hydrogens (primary N) is 4. The molecule has 0 unspecified atom stereocenters. The van der Waals surface area contributed by atoms with E-state index in [1.807, 2.05) is 45.9 Å². The van der Waals surface area contributed by atoms with E-state index in [9.17, 15) is 47.9 Å². The number of allylic oxidation sites excluding steroid dienone is 5. The second-order valence-corrected chi connectivity index (χ2v) is 25.2. The summed E-state index contributed by atoms with van der Waals surface area (Å²) in [5.74, 6) is -8.17. The van der Waals surface area contributed by atoms with Crippen LogP contribution in [-0.4, -0.2) is 199 Å². The number of H-pyrrole nitrogens is 2. The van der Waals surface area contributed by atoms with Gasteiger partial charge in [-0.3, -0.25) is 50.5 Å². The number of carbonyl (C=O) groups excluding carboxylic acids is 10. The van der Waals surface area contributed by atoms with Crippen LogP contribution in [0, 0.1) is 35.5 Å². The molecular weight excluding hydrogens is 1380 g/mol. The Labute approximate surface area is 619 Å². The minimum atomic E-state index is -1.46. The molecule has 3 aromatic heterocycles. The molecule has 0 radical (unpaired) electrons. The molecule has 0 fully saturated rings. The summed E-state index contributed by atoms with van der Waals surface area (Å²) in [6, 6.07) is -0.0111. The molecule has 0 saturated heterocycles. The molecular formula is C71H102N22O14. The Kier molecular flexibility index (Phi) is 33.5. The number of esters is 4. The SMILES string of the molecule is C=CC1=C(C)c2cc3[nH]c(cc4nc(cc5[nH]c(cc1n2)c(C)c5CCC(=O)N[C@@H](CCC(=O)N[C@@H](CCCNC(=N)N)C(=O)OC)C(=O)N[C@@H](CCCNC(=N)N)C(=O)OC)C(CCC(=O)N(CCC(=O)N[C@H](CCCNC(=N)N)C(=O)OC)C(=O)N[C@H](CCCNC(=N)N)C(=O)OC)=C4C)c(C)c3C=C. The summed E-state index contributed by atoms with van der Waals surface area (Å²) >= 11 is 0. The number of aromatic nitrogens is 4. The van der Waals surface area contributed by atoms with Gasteiger partial charge in [0, 0.05) is 91.6 Å². The van der Waals surface area contributed by atoms with Crippen molar-refractivity contribution in [2.24, 2.45) is 22.9 Å². The number of hydrogen-bond donors (Lipinski definition) is 19. The summed E-state index contributed by atoms with van der Waals surface area (Å²) in [6.45, 7) is 15.9. The molecule has 5 atom stereocenters. The normalized spacial score (nSPS) is 13.0. The zero-order valence-corrected chi connectivity index (χ0v) is 61.8. The van der Waals surface area contributed by atoms with Crippen LogP contribution >= 0.6 is 0 Å². The first kappa shape index (κ1) is 85.5. The summed E-state index contributed by atoms with van der Waals surface area (Å²) < 4.78 is 19.9. The lowest BCUT2D eigenvalue weighted by atomic mass is 9.99. The van der Waals surface area contributed by atoms with E-state index in [-0.39, 0.29) is 121 Å². The molecule has 580 valence electrons. The van der Waals surface area contributed by atoms with Gasteiger partial charge < -0.3 is 99.7 Å². The molecule has 2 aliphatic heterocycles. The van der Waals surface area contributed by atoms with Gasteiger partial charge in [-0.25, -0.2) is 33.9 Å². The van der Waals surface area contributed by atoms with Crippen LogP contribution in [0.1, 0.15) is 149 Å². The zero-order chi connectivity index (χ0) is 79.2. The molecule has 36 heteroatoms. The quantitative estimate of drug-likeness (QED) is 0.0127. The van der Waals surface area contributed by atoms with Crippen molar-refractivity contribution < 1.29 is 66.9 Å². The first-order valence-corrected chi connectivity index (χ1v) is 34.7. The van der Waals surface area contributed by atoms with Crippen LogP contribution in [0.2, 0.25) is 0 Å². The highest BCUT2D eigenvalue weighted by atomic mass is 16.5. The molecule has 0 aromatic carbocycles. The number of imide groups is 1. The van der Waals surface area contributed by atoms with Gasteiger partial charge in [-0.2, -0.15) is 0 Å². The number of aryl methyl sites for hydroxylation is 3. The molecule has 5 rings (SSSR count). The number of fused-ring (bicyclic) bond motifs is 8. The van der Waals surface area contributed by atoms with E-state index in [2.05, 4.69) is 71.0 Å². The Morgan fingerprint density at radius 2 is 0.888 bits per heavy atom. The fourth-order valence-corrected chi connectivity index (χ4v) is 12.0. The zero-order valence-electron chi connectivity index (χ0n) is 61.8. The maximum absolute atomic E-state index is 15.0. The Balaban J connectivity index is 1.64. The monoisotopic (exact) mass is 1490 g/mol. The molecule has 8 bridgehead atoms. The summed E-state index contributed by atoms with van der Waals surface area (Å²) in [7, 11) is 4.54. The van der Waals surface area contributed by atoms with E-state index in [1.165, 1.54) is 0 Å². The number of nitrogens with zero attached hydrogens (tertiary/aromatic N) is 3. The largest absolute Gasteiger partial charge is 0.467 e. The topological polar surface area (TPSA) is 576 Å². The van der Waals surface area contributed by atoms with Crippen molar-refractivity contribution in [2.45, 2.75) is 154 Å². The lowest BCUT2D eigenvalue weighted by molar-refractivity contribution is -0.146. The predicted molar refractivity (Wildman–Crippen MR) is 404 cm³/mol. The van der Waals surface area contributed by atoms with Gasteiger partial charge in [0.25, 0.3) is 0 Å². The molecule has 23 N–H and O–H groups in total. The molecule has 5 heterocycles. The van der Waals surface area contributed by atoms with Crippen LogP contribution in [0.5, 0.6) is 0 Å². The van der Waals surface area contributed by atoms with Crippen molar-refractivity contribution in [2.75, 3.05) is 61.2 Å². The lowest BCUT2D eigenvalue weighted by Crippen LogP contribution is -2.52. The number of rotatable bonds is 40. The van der Waals surface area contributed by atoms with Crippen molar-refractivity contribution in [1.29, 1.82) is 21.6 Å². The van der Waals surface area contributed by atoms with Crippen LogP contribution in [0.25, 0.3) is 50.4 Å². The average molecular weight is 1490 g/mol. The van der Waals surface area contributed by atoms with Crippen LogP contribution in [-0.2, 0) is 68.5 Å². The van der Waals surface area contributed by atoms with Crippen LogP contribution in [0.3, 0.4) is 0 Å². The molecule has 2 aliphatic rings. The van der Waals surface area contributed by atoms with Crippen molar-refractivity contribution in [3.05, 3.63) is 88.5 Å². The highest BCUT2D eigenvalue weighted by Crippen LogP contribution is 2.37. The van der Waals surface area contributed by atoms with Gasteiger partial charge in [-0.05, 0) is 156 Å². The maximum Gasteiger partial charge on any atom is 0.328 e. The van der Waals surface area contributed by atoms with E-state index >= 15 is 0 Å². The van der Waals surface area contributed by atoms with E-state index in [1.54, 1.807) is 18.2 Å². The van der Waals surface area contributed by atoms with Crippen LogP contribution < -0.4 is 70.8 Å². The molecule has 36 nitrogen and oxygen atoms in total. The van der Waals surface area contributed by atoms with E-state index in [0.717, 1.165) is 55.6 Å². The fourth-order valence-electron chi connectivity index (χ4n) is 12.0. The van der Waals surface area contributed by atoms with Crippen LogP contribution in [0.15, 0.2) is 43.5 Å². The number of carbonyl (C=O) groups is 10. The number of amides is 7. The third-order valence-electron chi connectivity index (χ3n) is 17.8. The Morgan fingerprint density at radius 3 is 1.37 bits per heavy atom. The third-order valence-corrected chi connectivity index (χ3v) is 17.8. The first-order valence-electron chi connectivity index (χ1n) is 34.7. The van der Waals surface area contributed by atoms with Crippen molar-refractivity contribution in [1.82, 2.24) is 72.7 Å². The Bertz CT molecular complexity index is 4120. The van der Waals surface area contributed by atoms with Gasteiger partial charge in [0.2, 0.25) is 29.5 Å². The van der Waals surface area contributed by atoms with Gasteiger partial charge in [0.15, 0.2) is 23.8 Å². The van der Waals surface area contributed by atoms with Crippen LogP contribution in [0.4, 0.5) is 4.79 Å². The first-order chi connectivity index (χ1) is 50.9. The Hall–Kier alpha value is -12.1. The second-order valence-electron chi connectivity index (χ2n) is 25.2. The summed E-state index contributed by atoms with van der Waals surface area (Å²) in [5, 5.41) is 53.7. The highest BCUT2D eigenvalue weighted by molar-refractivity contribution is 6.01. The molecule has 7 amide bonds. The number of urea groups is 1. The lowest BCUT2D eigenvalue weighted by Gasteiger charge is -2.25. The van der Waals surface area contributed by atoms with Crippen molar-refractivity contribution in [3.63, 3.8) is 0 Å². The summed E-state index contributed by atoms with van der Waals surface area (Å²) in [5.41, 5.74) is 31.7. The molecule has 107 heavy (non-hydrogen) atoms. The van der Waals surface area contributed by atoms with Crippen molar-refractivity contribution >= 4 is 134 Å². The highest BCUT2D eigenvalue weighted by Gasteiger charge is 2.33. The van der Waals surface area contributed by atoms with E-state index < -0.39 is 115 Å². The minimum absolute atomic E-state index is 0.00735. The molecule has 0 aliphatic carbocycles. The number of aromatic amines is 2. The van der Waals surface area contributed by atoms with Crippen molar-refractivity contribution in [3.8, 4) is 0 Å². The number of nitrogens with one attached hydrogen (secondary N) is 15. The predicted octanol–water partition coefficient (Wildman–Crippen LogP) is 2.10. The maximum atomic E-state index is 15.0. The Morgan fingerprint density at radius 1 is 0.477 bits per heavy atom. The molecule has 0 spiro atoms. The summed E-state index contributed by atoms with van der Waals surface area (Å²) in [6.07, 6.45) is 2.55. The molecule has 0 saturated carbocycles. The standard InChI is InChI=1S/C71H102N22O14/c1-11-41-37(3)50-33-51-40(6)44(22-26-61(97)93(71(103)92-49(66(102)107-10)20-16-31-83-70(78)79)32-27-60(96)90-47(64(100)105-8)18-14-29-81-68(74)75)57(86-51)36-56-43(39(5)53(87-56)35-55-42(12-2)38(4)52(85-55)34-54(41)84-50)21-24-58(94)88-45(62(98)91-48(65(101)106-9)19-15-30-82-69(76)77)23-25-59(95)89-46(63(99)104-7)17-13-28-80-67(72)73/h11-12,33-36,45-49,84,87H,1-2,13-32H2,3-10H3,(H,88,94)(H,89,95)(H,90,96)(H,91,98)(H,92,103)(H4,72,73,80)(H4,74,75,81)(H4,76,77,82)(H4,78,79,83)/t45-,46-,47+,48-,49+/m0/s1. The number of guanidine groups is 4. The van der Waals surface area contributed by atoms with Gasteiger partial charge >= 0.3 is 29.9 Å². The van der Waals surface area contributed by atoms with E-state index in [0.29, 0.717) is 73.5 Å². The van der Waals surface area contributed by atoms with Gasteiger partial charge in [0.05, 0.1) is 51.2 Å². The minimum Gasteiger partial charge on any atom is -0.467 e. The third kappa shape index (κ3) is 25.6. The number of hydrogen-bond acceptors (Lipinski definition) is 20. The average Bonchev–Trinajstić information content (AvgIpc) is 1.62. The molecule has 3 aromatic rings. The van der Waals surface area contributed by atoms with Gasteiger partial charge in [0.1, 0.15) is 30.2 Å². The van der Waals surface area contributed by atoms with Gasteiger partial charge in [-0.1, -0.05) is 25.3 Å². The van der Waals surface area contributed by atoms with Gasteiger partial charge in [-0.15, -0.1) is 0 Å². The number of ether oxygens (including phenoxy) is 4. The summed E-state index contributed by atoms with van der Waals surface area (Å²) in [4.78, 5) is 156. The smallest absolute Gasteiger partial charge is 0.328 e. The second kappa shape index (κ2) is 42.0.